The van der Waals surface area contributed by atoms with E-state index in [1.165, 1.54) is 11.8 Å². The van der Waals surface area contributed by atoms with Crippen LogP contribution in [0.25, 0.3) is 6.08 Å². The van der Waals surface area contributed by atoms with E-state index in [-0.39, 0.29) is 12.0 Å². The van der Waals surface area contributed by atoms with Crippen molar-refractivity contribution in [2.24, 2.45) is 0 Å². The van der Waals surface area contributed by atoms with E-state index in [9.17, 15) is 4.79 Å². The SMILES string of the molecule is CC[C@@H](C)Oc1ccccc1/C=C1\SC(=S)N(CC)C1=O. The Bertz CT molecular complexity index is 583. The summed E-state index contributed by atoms with van der Waals surface area (Å²) >= 11 is 6.58. The first-order chi connectivity index (χ1) is 10.1. The van der Waals surface area contributed by atoms with Crippen LogP contribution in [0.3, 0.4) is 0 Å². The number of likely N-dealkylation sites (N-methyl/N-ethyl adjacent to an activating group) is 1. The molecule has 1 aromatic carbocycles. The number of ether oxygens (including phenoxy) is 1. The molecule has 1 aromatic rings. The lowest BCUT2D eigenvalue weighted by molar-refractivity contribution is -0.121. The highest BCUT2D eigenvalue weighted by Crippen LogP contribution is 2.34. The second-order valence-corrected chi connectivity index (χ2v) is 6.48. The zero-order valence-corrected chi connectivity index (χ0v) is 14.1. The Kier molecular flexibility index (Phi) is 5.42. The van der Waals surface area contributed by atoms with E-state index >= 15 is 0 Å². The molecule has 1 saturated heterocycles. The second kappa shape index (κ2) is 7.09. The molecule has 1 aliphatic heterocycles. The molecule has 2 rings (SSSR count). The average Bonchev–Trinajstić information content (AvgIpc) is 2.74. The lowest BCUT2D eigenvalue weighted by Gasteiger charge is -2.14. The third kappa shape index (κ3) is 3.66. The molecule has 1 aliphatic rings. The highest BCUT2D eigenvalue weighted by molar-refractivity contribution is 8.26. The van der Waals surface area contributed by atoms with Crippen LogP contribution >= 0.6 is 24.0 Å². The van der Waals surface area contributed by atoms with Gasteiger partial charge in [-0.2, -0.15) is 0 Å². The maximum atomic E-state index is 12.2. The lowest BCUT2D eigenvalue weighted by Crippen LogP contribution is -2.27. The van der Waals surface area contributed by atoms with Gasteiger partial charge < -0.3 is 4.74 Å². The van der Waals surface area contributed by atoms with Crippen LogP contribution in [0.15, 0.2) is 29.2 Å². The van der Waals surface area contributed by atoms with Gasteiger partial charge in [-0.1, -0.05) is 49.1 Å². The van der Waals surface area contributed by atoms with Crippen molar-refractivity contribution in [3.8, 4) is 5.75 Å². The molecule has 112 valence electrons. The van der Waals surface area contributed by atoms with E-state index in [1.54, 1.807) is 4.90 Å². The molecule has 0 aromatic heterocycles. The molecule has 0 spiro atoms. The van der Waals surface area contributed by atoms with Gasteiger partial charge in [0.05, 0.1) is 11.0 Å². The summed E-state index contributed by atoms with van der Waals surface area (Å²) in [5.41, 5.74) is 0.911. The Labute approximate surface area is 135 Å². The number of carbonyl (C=O) groups excluding carboxylic acids is 1. The summed E-state index contributed by atoms with van der Waals surface area (Å²) < 4.78 is 6.53. The molecule has 1 heterocycles. The number of thiocarbonyl (C=S) groups is 1. The van der Waals surface area contributed by atoms with Crippen molar-refractivity contribution in [1.82, 2.24) is 4.90 Å². The maximum absolute atomic E-state index is 12.2. The van der Waals surface area contributed by atoms with Gasteiger partial charge in [-0.25, -0.2) is 0 Å². The van der Waals surface area contributed by atoms with Crippen LogP contribution in [-0.2, 0) is 4.79 Å². The van der Waals surface area contributed by atoms with E-state index < -0.39 is 0 Å². The predicted molar refractivity (Wildman–Crippen MR) is 92.4 cm³/mol. The fourth-order valence-corrected chi connectivity index (χ4v) is 3.30. The summed E-state index contributed by atoms with van der Waals surface area (Å²) in [5.74, 6) is 0.777. The van der Waals surface area contributed by atoms with Gasteiger partial charge in [-0.05, 0) is 32.4 Å². The Morgan fingerprint density at radius 1 is 1.38 bits per heavy atom. The molecule has 0 radical (unpaired) electrons. The third-order valence-corrected chi connectivity index (χ3v) is 4.68. The van der Waals surface area contributed by atoms with Crippen LogP contribution in [0.4, 0.5) is 0 Å². The van der Waals surface area contributed by atoms with Crippen LogP contribution in [0.1, 0.15) is 32.8 Å². The van der Waals surface area contributed by atoms with Crippen molar-refractivity contribution in [1.29, 1.82) is 0 Å². The monoisotopic (exact) mass is 321 g/mol. The summed E-state index contributed by atoms with van der Waals surface area (Å²) in [6, 6.07) is 7.76. The van der Waals surface area contributed by atoms with Crippen molar-refractivity contribution < 1.29 is 9.53 Å². The first-order valence-electron chi connectivity index (χ1n) is 7.07. The zero-order valence-electron chi connectivity index (χ0n) is 12.5. The summed E-state index contributed by atoms with van der Waals surface area (Å²) in [4.78, 5) is 14.5. The van der Waals surface area contributed by atoms with Crippen LogP contribution in [0.2, 0.25) is 0 Å². The van der Waals surface area contributed by atoms with E-state index in [2.05, 4.69) is 6.92 Å². The minimum atomic E-state index is -0.0224. The summed E-state index contributed by atoms with van der Waals surface area (Å²) in [5, 5.41) is 0. The first kappa shape index (κ1) is 16.0. The van der Waals surface area contributed by atoms with Crippen molar-refractivity contribution in [2.45, 2.75) is 33.3 Å². The smallest absolute Gasteiger partial charge is 0.266 e. The number of benzene rings is 1. The summed E-state index contributed by atoms with van der Waals surface area (Å²) in [6.45, 7) is 6.65. The van der Waals surface area contributed by atoms with Gasteiger partial charge >= 0.3 is 0 Å². The zero-order chi connectivity index (χ0) is 15.4. The molecule has 0 N–H and O–H groups in total. The van der Waals surface area contributed by atoms with Crippen molar-refractivity contribution in [3.05, 3.63) is 34.7 Å². The van der Waals surface area contributed by atoms with Crippen LogP contribution in [0.5, 0.6) is 5.75 Å². The molecule has 1 amide bonds. The second-order valence-electron chi connectivity index (χ2n) is 4.80. The Morgan fingerprint density at radius 2 is 2.10 bits per heavy atom. The quantitative estimate of drug-likeness (QED) is 0.603. The molecular weight excluding hydrogens is 302 g/mol. The third-order valence-electron chi connectivity index (χ3n) is 3.30. The molecular formula is C16H19NO2S2. The van der Waals surface area contributed by atoms with Gasteiger partial charge in [0.2, 0.25) is 0 Å². The largest absolute Gasteiger partial charge is 0.490 e. The Hall–Kier alpha value is -1.33. The van der Waals surface area contributed by atoms with Crippen LogP contribution in [0, 0.1) is 0 Å². The first-order valence-corrected chi connectivity index (χ1v) is 8.30. The van der Waals surface area contributed by atoms with Gasteiger partial charge in [0.25, 0.3) is 5.91 Å². The minimum absolute atomic E-state index is 0.0224. The number of carbonyl (C=O) groups is 1. The molecule has 0 unspecified atom stereocenters. The predicted octanol–water partition coefficient (Wildman–Crippen LogP) is 4.09. The van der Waals surface area contributed by atoms with E-state index in [0.717, 1.165) is 17.7 Å². The van der Waals surface area contributed by atoms with E-state index in [4.69, 9.17) is 17.0 Å². The topological polar surface area (TPSA) is 29.5 Å². The number of hydrogen-bond donors (Lipinski definition) is 0. The van der Waals surface area contributed by atoms with Gasteiger partial charge in [-0.3, -0.25) is 9.69 Å². The molecule has 3 nitrogen and oxygen atoms in total. The van der Waals surface area contributed by atoms with Crippen molar-refractivity contribution >= 4 is 40.3 Å². The molecule has 21 heavy (non-hydrogen) atoms. The van der Waals surface area contributed by atoms with Crippen molar-refractivity contribution in [3.63, 3.8) is 0 Å². The average molecular weight is 321 g/mol. The molecule has 1 atom stereocenters. The van der Waals surface area contributed by atoms with Gasteiger partial charge in [0.15, 0.2) is 0 Å². The van der Waals surface area contributed by atoms with Gasteiger partial charge in [0, 0.05) is 12.1 Å². The van der Waals surface area contributed by atoms with Crippen molar-refractivity contribution in [2.75, 3.05) is 6.54 Å². The fourth-order valence-electron chi connectivity index (χ4n) is 1.92. The maximum Gasteiger partial charge on any atom is 0.266 e. The Balaban J connectivity index is 2.29. The van der Waals surface area contributed by atoms with Crippen LogP contribution < -0.4 is 4.74 Å². The molecule has 5 heteroatoms. The van der Waals surface area contributed by atoms with Gasteiger partial charge in [0.1, 0.15) is 10.1 Å². The summed E-state index contributed by atoms with van der Waals surface area (Å²) in [7, 11) is 0. The number of thioether (sulfide) groups is 1. The Morgan fingerprint density at radius 3 is 2.71 bits per heavy atom. The van der Waals surface area contributed by atoms with E-state index in [1.807, 2.05) is 44.2 Å². The number of para-hydroxylation sites is 1. The number of hydrogen-bond acceptors (Lipinski definition) is 4. The minimum Gasteiger partial charge on any atom is -0.490 e. The van der Waals surface area contributed by atoms with E-state index in [0.29, 0.717) is 15.8 Å². The van der Waals surface area contributed by atoms with Gasteiger partial charge in [-0.15, -0.1) is 0 Å². The van der Waals surface area contributed by atoms with Crippen LogP contribution in [-0.4, -0.2) is 27.8 Å². The molecule has 0 aliphatic carbocycles. The molecule has 1 fully saturated rings. The highest BCUT2D eigenvalue weighted by Gasteiger charge is 2.30. The standard InChI is InChI=1S/C16H19NO2S2/c1-4-11(3)19-13-9-7-6-8-12(13)10-14-15(18)17(5-2)16(20)21-14/h6-11H,4-5H2,1-3H3/b14-10-/t11-/m1/s1. The normalized spacial score (nSPS) is 18.4. The number of rotatable bonds is 5. The summed E-state index contributed by atoms with van der Waals surface area (Å²) in [6.07, 6.45) is 2.95. The number of nitrogens with zero attached hydrogens (tertiary/aromatic N) is 1. The lowest BCUT2D eigenvalue weighted by atomic mass is 10.1. The molecule has 0 bridgehead atoms. The number of amides is 1. The highest BCUT2D eigenvalue weighted by atomic mass is 32.2. The fraction of sp³-hybridized carbons (Fsp3) is 0.375. The molecule has 0 saturated carbocycles.